The Kier molecular flexibility index (Phi) is 4.41. The number of nitro benzene ring substituents is 1. The number of fused-ring (bicyclic) bond motifs is 2. The van der Waals surface area contributed by atoms with E-state index >= 15 is 0 Å². The summed E-state index contributed by atoms with van der Waals surface area (Å²) in [5.74, 6) is 0.597. The van der Waals surface area contributed by atoms with Gasteiger partial charge in [0.05, 0.1) is 23.6 Å². The molecule has 3 aromatic carbocycles. The number of anilines is 1. The predicted octanol–water partition coefficient (Wildman–Crippen LogP) is 4.48. The van der Waals surface area contributed by atoms with Gasteiger partial charge in [-0.2, -0.15) is 0 Å². The molecule has 7 nitrogen and oxygen atoms in total. The first kappa shape index (κ1) is 17.5. The van der Waals surface area contributed by atoms with Crippen LogP contribution in [0.4, 0.5) is 11.4 Å². The molecule has 0 radical (unpaired) electrons. The van der Waals surface area contributed by atoms with E-state index in [-0.39, 0.29) is 17.3 Å². The van der Waals surface area contributed by atoms with Gasteiger partial charge in [-0.1, -0.05) is 36.4 Å². The third kappa shape index (κ3) is 3.03. The molecule has 3 aromatic rings. The van der Waals surface area contributed by atoms with Crippen LogP contribution >= 0.6 is 0 Å². The second-order valence-electron chi connectivity index (χ2n) is 6.24. The van der Waals surface area contributed by atoms with E-state index in [1.54, 1.807) is 12.1 Å². The second kappa shape index (κ2) is 7.03. The summed E-state index contributed by atoms with van der Waals surface area (Å²) < 4.78 is 11.2. The average Bonchev–Trinajstić information content (AvgIpc) is 2.71. The van der Waals surface area contributed by atoms with E-state index in [2.05, 4.69) is 5.32 Å². The number of nitrogens with zero attached hydrogens (tertiary/aromatic N) is 1. The van der Waals surface area contributed by atoms with Crippen LogP contribution in [0.2, 0.25) is 0 Å². The first-order valence-electron chi connectivity index (χ1n) is 8.57. The number of non-ortho nitro benzene ring substituents is 1. The topological polar surface area (TPSA) is 90.7 Å². The summed E-state index contributed by atoms with van der Waals surface area (Å²) in [5.41, 5.74) is 1.55. The minimum Gasteiger partial charge on any atom is -0.495 e. The number of carbonyl (C=O) groups excluding carboxylic acids is 1. The molecule has 4 rings (SSSR count). The fourth-order valence-electron chi connectivity index (χ4n) is 3.30. The van der Waals surface area contributed by atoms with Gasteiger partial charge in [0, 0.05) is 23.3 Å². The van der Waals surface area contributed by atoms with Gasteiger partial charge in [-0.3, -0.25) is 14.9 Å². The van der Waals surface area contributed by atoms with E-state index in [1.165, 1.54) is 25.3 Å². The maximum absolute atomic E-state index is 13.3. The molecule has 0 saturated heterocycles. The molecule has 7 heteroatoms. The van der Waals surface area contributed by atoms with E-state index in [0.717, 1.165) is 11.1 Å². The molecule has 0 unspecified atom stereocenters. The lowest BCUT2D eigenvalue weighted by atomic mass is 9.87. The fourth-order valence-corrected chi connectivity index (χ4v) is 3.30. The van der Waals surface area contributed by atoms with Crippen LogP contribution in [0.1, 0.15) is 17.0 Å². The number of carbonyl (C=O) groups is 1. The Bertz CT molecular complexity index is 1030. The van der Waals surface area contributed by atoms with Gasteiger partial charge < -0.3 is 14.8 Å². The van der Waals surface area contributed by atoms with Crippen molar-refractivity contribution in [3.63, 3.8) is 0 Å². The third-order valence-electron chi connectivity index (χ3n) is 4.59. The molecule has 140 valence electrons. The van der Waals surface area contributed by atoms with Gasteiger partial charge in [0.2, 0.25) is 5.91 Å². The Morgan fingerprint density at radius 2 is 1.64 bits per heavy atom. The summed E-state index contributed by atoms with van der Waals surface area (Å²) in [6, 6.07) is 18.7. The van der Waals surface area contributed by atoms with Crippen LogP contribution in [0.25, 0.3) is 0 Å². The standard InChI is InChI=1S/C21H16N2O5/c1-27-19-11-10-13(23(25)26)12-16(19)22-21(24)20-14-6-2-4-8-17(14)28-18-9-5-3-7-15(18)20/h2-12,20H,1H3,(H,22,24). The Hall–Kier alpha value is -3.87. The highest BCUT2D eigenvalue weighted by Gasteiger charge is 2.33. The summed E-state index contributed by atoms with van der Waals surface area (Å²) in [6.07, 6.45) is 0. The maximum Gasteiger partial charge on any atom is 0.271 e. The van der Waals surface area contributed by atoms with Gasteiger partial charge in [-0.15, -0.1) is 0 Å². The highest BCUT2D eigenvalue weighted by atomic mass is 16.6. The monoisotopic (exact) mass is 376 g/mol. The molecule has 0 bridgehead atoms. The molecular weight excluding hydrogens is 360 g/mol. The van der Waals surface area contributed by atoms with Crippen LogP contribution in [-0.4, -0.2) is 17.9 Å². The molecule has 1 aliphatic rings. The smallest absolute Gasteiger partial charge is 0.271 e. The van der Waals surface area contributed by atoms with Crippen molar-refractivity contribution in [1.29, 1.82) is 0 Å². The van der Waals surface area contributed by atoms with Crippen LogP contribution < -0.4 is 14.8 Å². The predicted molar refractivity (Wildman–Crippen MR) is 103 cm³/mol. The molecule has 1 amide bonds. The number of para-hydroxylation sites is 2. The lowest BCUT2D eigenvalue weighted by Gasteiger charge is -2.27. The molecule has 0 aliphatic carbocycles. The largest absolute Gasteiger partial charge is 0.495 e. The van der Waals surface area contributed by atoms with Crippen molar-refractivity contribution in [2.24, 2.45) is 0 Å². The molecule has 0 aromatic heterocycles. The van der Waals surface area contributed by atoms with Crippen LogP contribution in [0.5, 0.6) is 17.2 Å². The average molecular weight is 376 g/mol. The van der Waals surface area contributed by atoms with Crippen LogP contribution in [0, 0.1) is 10.1 Å². The lowest BCUT2D eigenvalue weighted by Crippen LogP contribution is -2.25. The van der Waals surface area contributed by atoms with Crippen molar-refractivity contribution < 1.29 is 19.2 Å². The zero-order chi connectivity index (χ0) is 19.7. The van der Waals surface area contributed by atoms with E-state index in [0.29, 0.717) is 17.2 Å². The van der Waals surface area contributed by atoms with Gasteiger partial charge >= 0.3 is 0 Å². The summed E-state index contributed by atoms with van der Waals surface area (Å²) in [5, 5.41) is 13.9. The number of nitro groups is 1. The van der Waals surface area contributed by atoms with Crippen molar-refractivity contribution >= 4 is 17.3 Å². The molecule has 28 heavy (non-hydrogen) atoms. The molecule has 0 saturated carbocycles. The van der Waals surface area contributed by atoms with Crippen LogP contribution in [0.15, 0.2) is 66.7 Å². The third-order valence-corrected chi connectivity index (χ3v) is 4.59. The van der Waals surface area contributed by atoms with Crippen LogP contribution in [-0.2, 0) is 4.79 Å². The number of rotatable bonds is 4. The van der Waals surface area contributed by atoms with Gasteiger partial charge in [-0.05, 0) is 18.2 Å². The molecule has 1 heterocycles. The number of hydrogen-bond acceptors (Lipinski definition) is 5. The summed E-state index contributed by atoms with van der Waals surface area (Å²) in [4.78, 5) is 23.8. The zero-order valence-electron chi connectivity index (χ0n) is 14.9. The molecule has 0 spiro atoms. The van der Waals surface area contributed by atoms with E-state index in [1.807, 2.05) is 36.4 Å². The van der Waals surface area contributed by atoms with E-state index < -0.39 is 10.8 Å². The Balaban J connectivity index is 1.75. The number of hydrogen-bond donors (Lipinski definition) is 1. The zero-order valence-corrected chi connectivity index (χ0v) is 14.9. The summed E-state index contributed by atoms with van der Waals surface area (Å²) in [6.45, 7) is 0. The maximum atomic E-state index is 13.3. The second-order valence-corrected chi connectivity index (χ2v) is 6.24. The Morgan fingerprint density at radius 1 is 1.04 bits per heavy atom. The number of benzene rings is 3. The van der Waals surface area contributed by atoms with Crippen molar-refractivity contribution in [2.75, 3.05) is 12.4 Å². The SMILES string of the molecule is COc1ccc([N+](=O)[O-])cc1NC(=O)C1c2ccccc2Oc2ccccc21. The first-order chi connectivity index (χ1) is 13.6. The normalized spacial score (nSPS) is 12.3. The number of ether oxygens (including phenoxy) is 2. The minimum absolute atomic E-state index is 0.135. The van der Waals surface area contributed by atoms with Crippen LogP contribution in [0.3, 0.4) is 0 Å². The molecule has 1 aliphatic heterocycles. The Labute approximate surface area is 160 Å². The minimum atomic E-state index is -0.620. The first-order valence-corrected chi connectivity index (χ1v) is 8.57. The van der Waals surface area contributed by atoms with Gasteiger partial charge in [0.15, 0.2) is 0 Å². The molecule has 0 fully saturated rings. The quantitative estimate of drug-likeness (QED) is 0.535. The number of methoxy groups -OCH3 is 1. The molecule has 0 atom stereocenters. The summed E-state index contributed by atoms with van der Waals surface area (Å²) in [7, 11) is 1.44. The Morgan fingerprint density at radius 3 is 2.21 bits per heavy atom. The molecule has 1 N–H and O–H groups in total. The highest BCUT2D eigenvalue weighted by Crippen LogP contribution is 2.44. The van der Waals surface area contributed by atoms with E-state index in [4.69, 9.17) is 9.47 Å². The highest BCUT2D eigenvalue weighted by molar-refractivity contribution is 6.00. The van der Waals surface area contributed by atoms with Crippen molar-refractivity contribution in [3.8, 4) is 17.2 Å². The fraction of sp³-hybridized carbons (Fsp3) is 0.0952. The van der Waals surface area contributed by atoms with Crippen molar-refractivity contribution in [1.82, 2.24) is 0 Å². The van der Waals surface area contributed by atoms with E-state index in [9.17, 15) is 14.9 Å². The number of nitrogens with one attached hydrogen (secondary N) is 1. The lowest BCUT2D eigenvalue weighted by molar-refractivity contribution is -0.384. The van der Waals surface area contributed by atoms with Gasteiger partial charge in [0.1, 0.15) is 17.2 Å². The van der Waals surface area contributed by atoms with Gasteiger partial charge in [0.25, 0.3) is 5.69 Å². The number of amides is 1. The molecular formula is C21H16N2O5. The van der Waals surface area contributed by atoms with Crippen molar-refractivity contribution in [2.45, 2.75) is 5.92 Å². The summed E-state index contributed by atoms with van der Waals surface area (Å²) >= 11 is 0. The van der Waals surface area contributed by atoms with Gasteiger partial charge in [-0.25, -0.2) is 0 Å². The van der Waals surface area contributed by atoms with Crippen molar-refractivity contribution in [3.05, 3.63) is 88.0 Å².